The summed E-state index contributed by atoms with van der Waals surface area (Å²) in [6, 6.07) is 15.3. The summed E-state index contributed by atoms with van der Waals surface area (Å²) in [5.41, 5.74) is 6.32. The normalized spacial score (nSPS) is 12.7. The number of benzene rings is 1. The number of hydrogen-bond acceptors (Lipinski definition) is 5. The molecule has 1 saturated carbocycles. The van der Waals surface area contributed by atoms with Crippen LogP contribution in [0.5, 0.6) is 0 Å². The molecular weight excluding hydrogens is 438 g/mol. The number of nitrogens with one attached hydrogen (secondary N) is 1. The third kappa shape index (κ3) is 8.37. The van der Waals surface area contributed by atoms with Crippen molar-refractivity contribution in [1.82, 2.24) is 4.57 Å². The number of aliphatic hydroxyl groups is 1. The van der Waals surface area contributed by atoms with Crippen molar-refractivity contribution in [3.05, 3.63) is 80.4 Å². The number of carbonyl (C=O) groups is 2. The molecule has 1 aromatic carbocycles. The van der Waals surface area contributed by atoms with Crippen molar-refractivity contribution in [2.45, 2.75) is 31.8 Å². The van der Waals surface area contributed by atoms with Crippen molar-refractivity contribution in [2.75, 3.05) is 5.32 Å². The van der Waals surface area contributed by atoms with Crippen molar-refractivity contribution in [2.24, 2.45) is 5.73 Å². The van der Waals surface area contributed by atoms with E-state index < -0.39 is 5.91 Å². The van der Waals surface area contributed by atoms with Crippen LogP contribution in [-0.2, 0) is 4.79 Å². The number of hydrogen-bond donors (Lipinski definition) is 3. The Bertz CT molecular complexity index is 1030. The van der Waals surface area contributed by atoms with Crippen molar-refractivity contribution in [3.63, 3.8) is 0 Å². The van der Waals surface area contributed by atoms with E-state index in [0.29, 0.717) is 21.3 Å². The predicted octanol–water partition coefficient (Wildman–Crippen LogP) is 3.83. The molecule has 3 aromatic rings. The lowest BCUT2D eigenvalue weighted by molar-refractivity contribution is -0.105. The van der Waals surface area contributed by atoms with E-state index in [9.17, 15) is 14.4 Å². The summed E-state index contributed by atoms with van der Waals surface area (Å²) in [6.07, 6.45) is 6.92. The number of primary amides is 1. The minimum absolute atomic E-state index is 0.0463. The minimum atomic E-state index is -0.424. The standard InChI is InChI=1S/C12H10N2O2.C5H4ClNOS.C5H10O/c15-9-13-10-4-6-11(7-5-10)14-8-2-1-3-12(14)16;6-4-2-1-3(9-4)5(7)8;6-5-3-1-2-4-5/h1-9H,(H,13,15);1-2H,(H2,7,8);5-6H,1-4H2. The van der Waals surface area contributed by atoms with E-state index in [4.69, 9.17) is 22.4 Å². The molecule has 164 valence electrons. The Kier molecular flexibility index (Phi) is 9.96. The molecule has 0 atom stereocenters. The van der Waals surface area contributed by atoms with Crippen LogP contribution < -0.4 is 16.6 Å². The Morgan fingerprint density at radius 3 is 2.23 bits per heavy atom. The lowest BCUT2D eigenvalue weighted by Gasteiger charge is -2.05. The molecule has 31 heavy (non-hydrogen) atoms. The maximum Gasteiger partial charge on any atom is 0.258 e. The number of aliphatic hydroxyl groups excluding tert-OH is 1. The highest BCUT2D eigenvalue weighted by atomic mass is 35.5. The molecule has 2 heterocycles. The fourth-order valence-electron chi connectivity index (χ4n) is 2.78. The molecule has 0 unspecified atom stereocenters. The number of carbonyl (C=O) groups excluding carboxylic acids is 2. The van der Waals surface area contributed by atoms with Crippen LogP contribution >= 0.6 is 22.9 Å². The van der Waals surface area contributed by atoms with E-state index >= 15 is 0 Å². The Hall–Kier alpha value is -2.94. The van der Waals surface area contributed by atoms with Crippen LogP contribution in [-0.4, -0.2) is 28.1 Å². The highest BCUT2D eigenvalue weighted by molar-refractivity contribution is 7.17. The zero-order valence-corrected chi connectivity index (χ0v) is 18.3. The maximum atomic E-state index is 11.5. The van der Waals surface area contributed by atoms with Crippen LogP contribution in [0.1, 0.15) is 35.4 Å². The van der Waals surface area contributed by atoms with Gasteiger partial charge in [0.1, 0.15) is 0 Å². The maximum absolute atomic E-state index is 11.5. The number of rotatable bonds is 4. The Morgan fingerprint density at radius 1 is 1.13 bits per heavy atom. The van der Waals surface area contributed by atoms with Gasteiger partial charge in [-0.3, -0.25) is 19.0 Å². The van der Waals surface area contributed by atoms with Gasteiger partial charge in [-0.2, -0.15) is 0 Å². The smallest absolute Gasteiger partial charge is 0.258 e. The molecule has 0 aliphatic heterocycles. The van der Waals surface area contributed by atoms with Gasteiger partial charge in [-0.1, -0.05) is 30.5 Å². The van der Waals surface area contributed by atoms with Gasteiger partial charge in [0.05, 0.1) is 15.3 Å². The number of amides is 2. The van der Waals surface area contributed by atoms with Crippen LogP contribution in [0.3, 0.4) is 0 Å². The van der Waals surface area contributed by atoms with E-state index in [-0.39, 0.29) is 11.7 Å². The molecule has 0 saturated heterocycles. The summed E-state index contributed by atoms with van der Waals surface area (Å²) in [5, 5.41) is 11.3. The van der Waals surface area contributed by atoms with Crippen molar-refractivity contribution in [3.8, 4) is 5.69 Å². The predicted molar refractivity (Wildman–Crippen MR) is 124 cm³/mol. The van der Waals surface area contributed by atoms with Gasteiger partial charge in [-0.25, -0.2) is 0 Å². The summed E-state index contributed by atoms with van der Waals surface area (Å²) < 4.78 is 2.12. The highest BCUT2D eigenvalue weighted by Crippen LogP contribution is 2.20. The molecule has 4 rings (SSSR count). The van der Waals surface area contributed by atoms with Crippen molar-refractivity contribution >= 4 is 40.9 Å². The highest BCUT2D eigenvalue weighted by Gasteiger charge is 2.09. The molecule has 7 nitrogen and oxygen atoms in total. The molecule has 2 amide bonds. The van der Waals surface area contributed by atoms with Crippen LogP contribution in [0.15, 0.2) is 65.6 Å². The zero-order valence-electron chi connectivity index (χ0n) is 16.7. The Morgan fingerprint density at radius 2 is 1.81 bits per heavy atom. The number of nitrogens with two attached hydrogens (primary N) is 1. The largest absolute Gasteiger partial charge is 0.393 e. The number of aromatic nitrogens is 1. The zero-order chi connectivity index (χ0) is 22.6. The molecular formula is C22H24ClN3O4S. The second-order valence-corrected chi connectivity index (χ2v) is 8.34. The first-order valence-corrected chi connectivity index (χ1v) is 10.8. The summed E-state index contributed by atoms with van der Waals surface area (Å²) in [6.45, 7) is 0. The van der Waals surface area contributed by atoms with Crippen LogP contribution in [0, 0.1) is 0 Å². The fraction of sp³-hybridized carbons (Fsp3) is 0.227. The number of pyridine rings is 1. The van der Waals surface area contributed by atoms with Gasteiger partial charge in [-0.05, 0) is 55.3 Å². The first-order valence-electron chi connectivity index (χ1n) is 9.62. The minimum Gasteiger partial charge on any atom is -0.393 e. The third-order valence-corrected chi connectivity index (χ3v) is 5.58. The van der Waals surface area contributed by atoms with Gasteiger partial charge >= 0.3 is 0 Å². The number of nitrogens with zero attached hydrogens (tertiary/aromatic N) is 1. The third-order valence-electron chi connectivity index (χ3n) is 4.33. The van der Waals surface area contributed by atoms with E-state index in [2.05, 4.69) is 5.32 Å². The average Bonchev–Trinajstić information content (AvgIpc) is 3.41. The van der Waals surface area contributed by atoms with Gasteiger partial charge in [0, 0.05) is 23.6 Å². The lowest BCUT2D eigenvalue weighted by Crippen LogP contribution is -2.15. The first-order chi connectivity index (χ1) is 14.9. The van der Waals surface area contributed by atoms with E-state index in [0.717, 1.165) is 18.5 Å². The molecule has 9 heteroatoms. The quantitative estimate of drug-likeness (QED) is 0.512. The molecule has 1 aliphatic rings. The average molecular weight is 462 g/mol. The Balaban J connectivity index is 0.000000190. The molecule has 0 radical (unpaired) electrons. The van der Waals surface area contributed by atoms with Crippen LogP contribution in [0.2, 0.25) is 4.34 Å². The van der Waals surface area contributed by atoms with Crippen molar-refractivity contribution in [1.29, 1.82) is 0 Å². The van der Waals surface area contributed by atoms with E-state index in [1.54, 1.807) is 54.7 Å². The number of anilines is 1. The van der Waals surface area contributed by atoms with Gasteiger partial charge in [0.25, 0.3) is 11.5 Å². The van der Waals surface area contributed by atoms with Gasteiger partial charge in [-0.15, -0.1) is 11.3 Å². The molecule has 0 spiro atoms. The van der Waals surface area contributed by atoms with Gasteiger partial charge in [0.15, 0.2) is 0 Å². The molecule has 1 aliphatic carbocycles. The monoisotopic (exact) mass is 461 g/mol. The summed E-state index contributed by atoms with van der Waals surface area (Å²) in [4.78, 5) is 32.6. The first kappa shape index (κ1) is 24.3. The summed E-state index contributed by atoms with van der Waals surface area (Å²) >= 11 is 6.70. The summed E-state index contributed by atoms with van der Waals surface area (Å²) in [7, 11) is 0. The Labute approximate surface area is 189 Å². The second kappa shape index (κ2) is 12.7. The van der Waals surface area contributed by atoms with Crippen LogP contribution in [0.25, 0.3) is 5.69 Å². The SMILES string of the molecule is NC(=O)c1ccc(Cl)s1.O=CNc1ccc(-n2ccccc2=O)cc1.OC1CCCC1. The molecule has 0 bridgehead atoms. The van der Waals surface area contributed by atoms with Gasteiger partial charge < -0.3 is 16.2 Å². The molecule has 1 fully saturated rings. The van der Waals surface area contributed by atoms with E-state index in [1.165, 1.54) is 34.8 Å². The van der Waals surface area contributed by atoms with Crippen LogP contribution in [0.4, 0.5) is 5.69 Å². The molecule has 2 aromatic heterocycles. The number of thiophene rings is 1. The lowest BCUT2D eigenvalue weighted by atomic mass is 10.2. The fourth-order valence-corrected chi connectivity index (χ4v) is 3.67. The van der Waals surface area contributed by atoms with Gasteiger partial charge in [0.2, 0.25) is 6.41 Å². The van der Waals surface area contributed by atoms with E-state index in [1.807, 2.05) is 0 Å². The second-order valence-electron chi connectivity index (χ2n) is 6.62. The number of halogens is 1. The van der Waals surface area contributed by atoms with Crippen molar-refractivity contribution < 1.29 is 14.7 Å². The summed E-state index contributed by atoms with van der Waals surface area (Å²) in [5.74, 6) is -0.424. The molecule has 4 N–H and O–H groups in total. The topological polar surface area (TPSA) is 114 Å².